The molecule has 4 rings (SSSR count). The molecule has 1 fully saturated rings. The fraction of sp³-hybridized carbons (Fsp3) is 0.200. The summed E-state index contributed by atoms with van der Waals surface area (Å²) >= 11 is 5.91. The maximum Gasteiger partial charge on any atom is 0.322 e. The van der Waals surface area contributed by atoms with Crippen molar-refractivity contribution in [2.75, 3.05) is 16.8 Å². The van der Waals surface area contributed by atoms with Crippen LogP contribution in [0.25, 0.3) is 0 Å². The SMILES string of the molecule is Cc1cccc(C(=O)Nc2nnc([C@@H]3CC(=O)N(c4ccc(Cl)cc4)C3)o2)c1. The lowest BCUT2D eigenvalue weighted by Gasteiger charge is -2.16. The molecular weight excluding hydrogens is 380 g/mol. The van der Waals surface area contributed by atoms with Gasteiger partial charge in [-0.2, -0.15) is 0 Å². The van der Waals surface area contributed by atoms with Gasteiger partial charge in [0.1, 0.15) is 0 Å². The van der Waals surface area contributed by atoms with Crippen LogP contribution in [0.15, 0.2) is 52.9 Å². The van der Waals surface area contributed by atoms with Gasteiger partial charge >= 0.3 is 6.01 Å². The van der Waals surface area contributed by atoms with E-state index >= 15 is 0 Å². The summed E-state index contributed by atoms with van der Waals surface area (Å²) in [5, 5.41) is 11.1. The number of nitrogens with zero attached hydrogens (tertiary/aromatic N) is 3. The normalized spacial score (nSPS) is 16.4. The second-order valence-corrected chi connectivity index (χ2v) is 7.09. The van der Waals surface area contributed by atoms with Crippen molar-refractivity contribution < 1.29 is 14.0 Å². The van der Waals surface area contributed by atoms with E-state index in [2.05, 4.69) is 15.5 Å². The fourth-order valence-corrected chi connectivity index (χ4v) is 3.28. The Hall–Kier alpha value is -3.19. The summed E-state index contributed by atoms with van der Waals surface area (Å²) in [5.41, 5.74) is 2.25. The highest BCUT2D eigenvalue weighted by molar-refractivity contribution is 6.30. The van der Waals surface area contributed by atoms with Crippen molar-refractivity contribution in [2.45, 2.75) is 19.3 Å². The third kappa shape index (κ3) is 3.75. The Balaban J connectivity index is 1.45. The minimum Gasteiger partial charge on any atom is -0.407 e. The molecule has 0 bridgehead atoms. The molecule has 8 heteroatoms. The molecule has 142 valence electrons. The monoisotopic (exact) mass is 396 g/mol. The second-order valence-electron chi connectivity index (χ2n) is 6.65. The number of aromatic nitrogens is 2. The first-order valence-corrected chi connectivity index (χ1v) is 9.15. The molecule has 3 aromatic rings. The van der Waals surface area contributed by atoms with Gasteiger partial charge in [-0.3, -0.25) is 14.9 Å². The fourth-order valence-electron chi connectivity index (χ4n) is 3.15. The summed E-state index contributed by atoms with van der Waals surface area (Å²) in [6.45, 7) is 2.33. The van der Waals surface area contributed by atoms with Crippen LogP contribution in [0.5, 0.6) is 0 Å². The zero-order chi connectivity index (χ0) is 19.7. The van der Waals surface area contributed by atoms with Crippen molar-refractivity contribution in [3.05, 3.63) is 70.6 Å². The number of amides is 2. The van der Waals surface area contributed by atoms with Crippen molar-refractivity contribution in [3.8, 4) is 0 Å². The maximum atomic E-state index is 12.4. The van der Waals surface area contributed by atoms with Crippen LogP contribution in [0, 0.1) is 6.92 Å². The third-order valence-electron chi connectivity index (χ3n) is 4.55. The number of carbonyl (C=O) groups excluding carboxylic acids is 2. The quantitative estimate of drug-likeness (QED) is 0.724. The van der Waals surface area contributed by atoms with Crippen molar-refractivity contribution >= 4 is 35.1 Å². The highest BCUT2D eigenvalue weighted by Crippen LogP contribution is 2.32. The average molecular weight is 397 g/mol. The summed E-state index contributed by atoms with van der Waals surface area (Å²) in [6, 6.07) is 14.3. The number of carbonyl (C=O) groups is 2. The Morgan fingerprint density at radius 3 is 2.75 bits per heavy atom. The van der Waals surface area contributed by atoms with Crippen LogP contribution in [0.1, 0.15) is 34.2 Å². The second kappa shape index (κ2) is 7.44. The van der Waals surface area contributed by atoms with Crippen LogP contribution in [0.4, 0.5) is 11.7 Å². The Labute approximate surface area is 166 Å². The molecule has 1 aromatic heterocycles. The Kier molecular flexibility index (Phi) is 4.83. The van der Waals surface area contributed by atoms with Gasteiger partial charge in [0.15, 0.2) is 0 Å². The third-order valence-corrected chi connectivity index (χ3v) is 4.81. The van der Waals surface area contributed by atoms with Gasteiger partial charge in [0.2, 0.25) is 11.8 Å². The van der Waals surface area contributed by atoms with Gasteiger partial charge in [-0.05, 0) is 43.3 Å². The number of aryl methyl sites for hydroxylation is 1. The number of anilines is 2. The predicted octanol–water partition coefficient (Wildman–Crippen LogP) is 3.80. The highest BCUT2D eigenvalue weighted by Gasteiger charge is 2.35. The average Bonchev–Trinajstić information content (AvgIpc) is 3.29. The van der Waals surface area contributed by atoms with Gasteiger partial charge in [0.05, 0.1) is 5.92 Å². The van der Waals surface area contributed by atoms with E-state index in [0.29, 0.717) is 23.0 Å². The highest BCUT2D eigenvalue weighted by atomic mass is 35.5. The van der Waals surface area contributed by atoms with E-state index in [1.807, 2.05) is 13.0 Å². The van der Waals surface area contributed by atoms with E-state index < -0.39 is 0 Å². The molecule has 1 aliphatic heterocycles. The van der Waals surface area contributed by atoms with Crippen molar-refractivity contribution in [3.63, 3.8) is 0 Å². The summed E-state index contributed by atoms with van der Waals surface area (Å²) < 4.78 is 5.59. The van der Waals surface area contributed by atoms with E-state index in [1.54, 1.807) is 47.4 Å². The number of benzene rings is 2. The van der Waals surface area contributed by atoms with Crippen LogP contribution in [0.2, 0.25) is 5.02 Å². The standard InChI is InChI=1S/C20H17ClN4O3/c1-12-3-2-4-13(9-12)18(27)22-20-24-23-19(28-20)14-10-17(26)25(11-14)16-7-5-15(21)6-8-16/h2-9,14H,10-11H2,1H3,(H,22,24,27)/t14-/m1/s1. The molecule has 0 saturated carbocycles. The first-order valence-electron chi connectivity index (χ1n) is 8.77. The number of rotatable bonds is 4. The van der Waals surface area contributed by atoms with E-state index in [-0.39, 0.29) is 30.2 Å². The predicted molar refractivity (Wildman–Crippen MR) is 105 cm³/mol. The van der Waals surface area contributed by atoms with Crippen LogP contribution >= 0.6 is 11.6 Å². The maximum absolute atomic E-state index is 12.4. The molecule has 2 amide bonds. The lowest BCUT2D eigenvalue weighted by molar-refractivity contribution is -0.117. The largest absolute Gasteiger partial charge is 0.407 e. The van der Waals surface area contributed by atoms with Gasteiger partial charge in [0.25, 0.3) is 5.91 Å². The molecule has 0 unspecified atom stereocenters. The smallest absolute Gasteiger partial charge is 0.322 e. The van der Waals surface area contributed by atoms with Gasteiger partial charge in [-0.25, -0.2) is 0 Å². The molecule has 1 atom stereocenters. The minimum absolute atomic E-state index is 0.0129. The molecule has 1 N–H and O–H groups in total. The van der Waals surface area contributed by atoms with E-state index in [4.69, 9.17) is 16.0 Å². The van der Waals surface area contributed by atoms with E-state index in [1.165, 1.54) is 0 Å². The van der Waals surface area contributed by atoms with Crippen LogP contribution in [-0.4, -0.2) is 28.6 Å². The Morgan fingerprint density at radius 2 is 2.00 bits per heavy atom. The molecule has 28 heavy (non-hydrogen) atoms. The number of hydrogen-bond acceptors (Lipinski definition) is 5. The van der Waals surface area contributed by atoms with E-state index in [9.17, 15) is 9.59 Å². The molecular formula is C20H17ClN4O3. The van der Waals surface area contributed by atoms with Crippen LogP contribution in [-0.2, 0) is 4.79 Å². The van der Waals surface area contributed by atoms with Gasteiger partial charge in [0, 0.05) is 29.2 Å². The summed E-state index contributed by atoms with van der Waals surface area (Å²) in [5.74, 6) is -0.273. The summed E-state index contributed by atoms with van der Waals surface area (Å²) in [7, 11) is 0. The molecule has 1 saturated heterocycles. The van der Waals surface area contributed by atoms with Gasteiger partial charge in [-0.1, -0.05) is 34.4 Å². The number of nitrogens with one attached hydrogen (secondary N) is 1. The van der Waals surface area contributed by atoms with Crippen LogP contribution in [0.3, 0.4) is 0 Å². The number of hydrogen-bond donors (Lipinski definition) is 1. The molecule has 1 aliphatic rings. The lowest BCUT2D eigenvalue weighted by atomic mass is 10.1. The molecule has 2 aromatic carbocycles. The molecule has 7 nitrogen and oxygen atoms in total. The summed E-state index contributed by atoms with van der Waals surface area (Å²) in [4.78, 5) is 26.3. The lowest BCUT2D eigenvalue weighted by Crippen LogP contribution is -2.24. The zero-order valence-electron chi connectivity index (χ0n) is 15.1. The Morgan fingerprint density at radius 1 is 1.21 bits per heavy atom. The molecule has 0 radical (unpaired) electrons. The Bertz CT molecular complexity index is 1030. The summed E-state index contributed by atoms with van der Waals surface area (Å²) in [6.07, 6.45) is 0.260. The van der Waals surface area contributed by atoms with Crippen LogP contribution < -0.4 is 10.2 Å². The van der Waals surface area contributed by atoms with E-state index in [0.717, 1.165) is 11.3 Å². The zero-order valence-corrected chi connectivity index (χ0v) is 15.8. The molecule has 2 heterocycles. The van der Waals surface area contributed by atoms with Crippen molar-refractivity contribution in [1.82, 2.24) is 10.2 Å². The van der Waals surface area contributed by atoms with Crippen molar-refractivity contribution in [2.24, 2.45) is 0 Å². The first kappa shape index (κ1) is 18.2. The first-order chi connectivity index (χ1) is 13.5. The topological polar surface area (TPSA) is 88.3 Å². The van der Waals surface area contributed by atoms with Gasteiger partial charge in [-0.15, -0.1) is 5.10 Å². The van der Waals surface area contributed by atoms with Gasteiger partial charge < -0.3 is 9.32 Å². The number of halogens is 1. The molecule has 0 aliphatic carbocycles. The molecule has 0 spiro atoms. The van der Waals surface area contributed by atoms with Crippen molar-refractivity contribution in [1.29, 1.82) is 0 Å². The minimum atomic E-state index is -0.329.